The molecular formula is C11H9FO2. The Morgan fingerprint density at radius 2 is 2.21 bits per heavy atom. The van der Waals surface area contributed by atoms with Crippen LogP contribution in [0.5, 0.6) is 0 Å². The van der Waals surface area contributed by atoms with Gasteiger partial charge >= 0.3 is 5.97 Å². The average Bonchev–Trinajstić information content (AvgIpc) is 2.47. The molecule has 0 unspecified atom stereocenters. The molecule has 14 heavy (non-hydrogen) atoms. The van der Waals surface area contributed by atoms with Gasteiger partial charge in [0.2, 0.25) is 0 Å². The maximum atomic E-state index is 12.9. The summed E-state index contributed by atoms with van der Waals surface area (Å²) in [5.41, 5.74) is 2.48. The van der Waals surface area contributed by atoms with Crippen molar-refractivity contribution in [1.82, 2.24) is 0 Å². The van der Waals surface area contributed by atoms with Crippen LogP contribution in [0.15, 0.2) is 24.3 Å². The summed E-state index contributed by atoms with van der Waals surface area (Å²) in [6.45, 7) is 0. The quantitative estimate of drug-likeness (QED) is 0.693. The van der Waals surface area contributed by atoms with Gasteiger partial charge in [-0.05, 0) is 41.7 Å². The molecule has 0 aromatic heterocycles. The van der Waals surface area contributed by atoms with E-state index in [1.54, 1.807) is 6.07 Å². The number of aliphatic carboxylic acids is 1. The predicted molar refractivity (Wildman–Crippen MR) is 50.3 cm³/mol. The number of hydrogen-bond donors (Lipinski definition) is 1. The molecule has 0 fully saturated rings. The smallest absolute Gasteiger partial charge is 0.328 e. The summed E-state index contributed by atoms with van der Waals surface area (Å²) in [4.78, 5) is 10.5. The lowest BCUT2D eigenvalue weighted by atomic mass is 10.1. The van der Waals surface area contributed by atoms with Gasteiger partial charge in [-0.3, -0.25) is 0 Å². The molecule has 1 aliphatic rings. The van der Waals surface area contributed by atoms with Gasteiger partial charge in [0.25, 0.3) is 0 Å². The van der Waals surface area contributed by atoms with E-state index in [4.69, 9.17) is 5.11 Å². The van der Waals surface area contributed by atoms with Crippen molar-refractivity contribution in [2.75, 3.05) is 0 Å². The number of benzene rings is 1. The predicted octanol–water partition coefficient (Wildman–Crippen LogP) is 2.24. The standard InChI is InChI=1S/C11H9FO2/c12-9-4-3-7-1-2-8(5-11(13)14)10(7)6-9/h3-6H,1-2H2,(H,13,14)/b8-5-. The lowest BCUT2D eigenvalue weighted by Crippen LogP contribution is -1.90. The molecule has 0 amide bonds. The molecule has 1 N–H and O–H groups in total. The van der Waals surface area contributed by atoms with E-state index in [0.29, 0.717) is 12.0 Å². The first kappa shape index (κ1) is 8.94. The highest BCUT2D eigenvalue weighted by Gasteiger charge is 2.17. The molecule has 0 atom stereocenters. The van der Waals surface area contributed by atoms with E-state index in [0.717, 1.165) is 23.6 Å². The van der Waals surface area contributed by atoms with Gasteiger partial charge in [0.05, 0.1) is 0 Å². The van der Waals surface area contributed by atoms with Gasteiger partial charge in [-0.2, -0.15) is 0 Å². The summed E-state index contributed by atoms with van der Waals surface area (Å²) in [7, 11) is 0. The van der Waals surface area contributed by atoms with Crippen LogP contribution in [0.1, 0.15) is 17.5 Å². The van der Waals surface area contributed by atoms with Crippen LogP contribution in [-0.4, -0.2) is 11.1 Å². The largest absolute Gasteiger partial charge is 0.478 e. The molecule has 0 saturated carbocycles. The van der Waals surface area contributed by atoms with Gasteiger partial charge < -0.3 is 5.11 Å². The van der Waals surface area contributed by atoms with E-state index in [1.165, 1.54) is 12.1 Å². The molecule has 72 valence electrons. The Hall–Kier alpha value is -1.64. The number of allylic oxidation sites excluding steroid dienone is 1. The Morgan fingerprint density at radius 3 is 2.93 bits per heavy atom. The Balaban J connectivity index is 2.48. The van der Waals surface area contributed by atoms with Crippen LogP contribution in [0.4, 0.5) is 4.39 Å². The molecular weight excluding hydrogens is 183 g/mol. The highest BCUT2D eigenvalue weighted by atomic mass is 19.1. The molecule has 0 radical (unpaired) electrons. The minimum absolute atomic E-state index is 0.318. The summed E-state index contributed by atoms with van der Waals surface area (Å²) in [5.74, 6) is -1.29. The summed E-state index contributed by atoms with van der Waals surface area (Å²) < 4.78 is 12.9. The van der Waals surface area contributed by atoms with E-state index in [9.17, 15) is 9.18 Å². The van der Waals surface area contributed by atoms with Crippen molar-refractivity contribution in [3.8, 4) is 0 Å². The second-order valence-corrected chi connectivity index (χ2v) is 3.31. The van der Waals surface area contributed by atoms with Crippen LogP contribution in [0, 0.1) is 5.82 Å². The van der Waals surface area contributed by atoms with E-state index in [2.05, 4.69) is 0 Å². The van der Waals surface area contributed by atoms with Crippen molar-refractivity contribution in [1.29, 1.82) is 0 Å². The Kier molecular flexibility index (Phi) is 2.08. The molecule has 0 bridgehead atoms. The second-order valence-electron chi connectivity index (χ2n) is 3.31. The molecule has 0 spiro atoms. The zero-order valence-corrected chi connectivity index (χ0v) is 7.46. The summed E-state index contributed by atoms with van der Waals surface area (Å²) in [5, 5.41) is 8.60. The third kappa shape index (κ3) is 1.53. The Morgan fingerprint density at radius 1 is 1.43 bits per heavy atom. The monoisotopic (exact) mass is 192 g/mol. The lowest BCUT2D eigenvalue weighted by Gasteiger charge is -1.99. The lowest BCUT2D eigenvalue weighted by molar-refractivity contribution is -0.131. The van der Waals surface area contributed by atoms with Crippen LogP contribution in [0.25, 0.3) is 5.57 Å². The molecule has 1 aromatic rings. The van der Waals surface area contributed by atoms with E-state index in [1.807, 2.05) is 0 Å². The van der Waals surface area contributed by atoms with E-state index in [-0.39, 0.29) is 5.82 Å². The first-order valence-electron chi connectivity index (χ1n) is 4.39. The minimum Gasteiger partial charge on any atom is -0.478 e. The second kappa shape index (κ2) is 3.25. The molecule has 1 aromatic carbocycles. The van der Waals surface area contributed by atoms with Crippen LogP contribution >= 0.6 is 0 Å². The number of carboxylic acid groups (broad SMARTS) is 1. The van der Waals surface area contributed by atoms with E-state index >= 15 is 0 Å². The fraction of sp³-hybridized carbons (Fsp3) is 0.182. The molecule has 0 saturated heterocycles. The minimum atomic E-state index is -0.975. The van der Waals surface area contributed by atoms with Gasteiger partial charge in [-0.15, -0.1) is 0 Å². The number of carbonyl (C=O) groups is 1. The number of fused-ring (bicyclic) bond motifs is 1. The Bertz CT molecular complexity index is 421. The topological polar surface area (TPSA) is 37.3 Å². The number of rotatable bonds is 1. The van der Waals surface area contributed by atoms with E-state index < -0.39 is 5.97 Å². The third-order valence-electron chi connectivity index (χ3n) is 2.38. The number of halogens is 1. The first-order chi connectivity index (χ1) is 6.66. The summed E-state index contributed by atoms with van der Waals surface area (Å²) >= 11 is 0. The molecule has 3 heteroatoms. The zero-order chi connectivity index (χ0) is 10.1. The van der Waals surface area contributed by atoms with Gasteiger partial charge in [0, 0.05) is 6.08 Å². The van der Waals surface area contributed by atoms with Gasteiger partial charge in [0.1, 0.15) is 5.82 Å². The average molecular weight is 192 g/mol. The molecule has 0 aliphatic heterocycles. The summed E-state index contributed by atoms with van der Waals surface area (Å²) in [6, 6.07) is 4.52. The van der Waals surface area contributed by atoms with Gasteiger partial charge in [0.15, 0.2) is 0 Å². The van der Waals surface area contributed by atoms with Crippen LogP contribution in [0.3, 0.4) is 0 Å². The normalized spacial score (nSPS) is 17.1. The van der Waals surface area contributed by atoms with Crippen molar-refractivity contribution in [3.05, 3.63) is 41.2 Å². The zero-order valence-electron chi connectivity index (χ0n) is 7.46. The van der Waals surface area contributed by atoms with Crippen molar-refractivity contribution < 1.29 is 14.3 Å². The summed E-state index contributed by atoms with van der Waals surface area (Å²) in [6.07, 6.45) is 2.64. The Labute approximate surface area is 80.7 Å². The maximum absolute atomic E-state index is 12.9. The van der Waals surface area contributed by atoms with Crippen molar-refractivity contribution in [2.24, 2.45) is 0 Å². The highest BCUT2D eigenvalue weighted by Crippen LogP contribution is 2.32. The molecule has 2 rings (SSSR count). The highest BCUT2D eigenvalue weighted by molar-refractivity contribution is 5.91. The SMILES string of the molecule is O=C(O)/C=C1/CCc2ccc(F)cc21. The molecule has 1 aliphatic carbocycles. The van der Waals surface area contributed by atoms with Crippen molar-refractivity contribution >= 4 is 11.5 Å². The molecule has 0 heterocycles. The molecule has 2 nitrogen and oxygen atoms in total. The van der Waals surface area contributed by atoms with Gasteiger partial charge in [-0.25, -0.2) is 9.18 Å². The third-order valence-corrected chi connectivity index (χ3v) is 2.38. The number of carboxylic acids is 1. The maximum Gasteiger partial charge on any atom is 0.328 e. The van der Waals surface area contributed by atoms with Gasteiger partial charge in [-0.1, -0.05) is 6.07 Å². The number of aryl methyl sites for hydroxylation is 1. The van der Waals surface area contributed by atoms with Crippen LogP contribution in [-0.2, 0) is 11.2 Å². The number of hydrogen-bond acceptors (Lipinski definition) is 1. The van der Waals surface area contributed by atoms with Crippen molar-refractivity contribution in [3.63, 3.8) is 0 Å². The van der Waals surface area contributed by atoms with Crippen LogP contribution < -0.4 is 0 Å². The van der Waals surface area contributed by atoms with Crippen LogP contribution in [0.2, 0.25) is 0 Å². The fourth-order valence-corrected chi connectivity index (χ4v) is 1.77. The van der Waals surface area contributed by atoms with Crippen molar-refractivity contribution in [2.45, 2.75) is 12.8 Å². The first-order valence-corrected chi connectivity index (χ1v) is 4.39. The fourth-order valence-electron chi connectivity index (χ4n) is 1.77.